The molecule has 0 aromatic heterocycles. The Morgan fingerprint density at radius 1 is 1.35 bits per heavy atom. The molecule has 0 heterocycles. The Kier molecular flexibility index (Phi) is 20.6. The van der Waals surface area contributed by atoms with Crippen LogP contribution in [-0.4, -0.2) is 30.4 Å². The molecule has 1 aromatic carbocycles. The molecular formula is C12H21BrFN3O3. The maximum atomic E-state index is 10.9. The number of anilines is 1. The molecule has 116 valence electrons. The minimum atomic E-state index is -0.563. The number of rotatable bonds is 3. The number of carbonyl (C=O) groups is 1. The smallest absolute Gasteiger partial charge is 0.292 e. The Balaban J connectivity index is -0.000000425. The molecule has 3 N–H and O–H groups in total. The van der Waals surface area contributed by atoms with Crippen LogP contribution in [0.4, 0.5) is 15.8 Å². The van der Waals surface area contributed by atoms with Gasteiger partial charge in [-0.3, -0.25) is 19.3 Å². The van der Waals surface area contributed by atoms with Gasteiger partial charge in [-0.15, -0.1) is 0 Å². The first kappa shape index (κ1) is 23.5. The van der Waals surface area contributed by atoms with E-state index in [-0.39, 0.29) is 17.9 Å². The average molecular weight is 354 g/mol. The van der Waals surface area contributed by atoms with Crippen LogP contribution in [0.3, 0.4) is 0 Å². The average Bonchev–Trinajstić information content (AvgIpc) is 2.53. The number of nitro groups is 1. The van der Waals surface area contributed by atoms with E-state index >= 15 is 0 Å². The fourth-order valence-corrected chi connectivity index (χ4v) is 0.940. The number of nitrogens with one attached hydrogen (secondary N) is 1. The van der Waals surface area contributed by atoms with E-state index < -0.39 is 10.8 Å². The lowest BCUT2D eigenvalue weighted by atomic mass is 10.2. The molecule has 0 saturated heterocycles. The summed E-state index contributed by atoms with van der Waals surface area (Å²) < 4.78 is 9.50. The Labute approximate surface area is 126 Å². The van der Waals surface area contributed by atoms with Gasteiger partial charge in [-0.25, -0.2) is 0 Å². The number of hydrogen-bond acceptors (Lipinski definition) is 4. The van der Waals surface area contributed by atoms with Gasteiger partial charge < -0.3 is 11.1 Å². The molecule has 8 heteroatoms. The van der Waals surface area contributed by atoms with Crippen molar-refractivity contribution in [3.8, 4) is 0 Å². The quantitative estimate of drug-likeness (QED) is 0.495. The van der Waals surface area contributed by atoms with E-state index in [0.29, 0.717) is 7.18 Å². The number of para-hydroxylation sites is 2. The van der Waals surface area contributed by atoms with Gasteiger partial charge in [0.15, 0.2) is 0 Å². The number of nitrogens with two attached hydrogens (primary N) is 1. The fraction of sp³-hybridized carbons (Fsp3) is 0.417. The number of halogens is 2. The molecule has 0 atom stereocenters. The molecular weight excluding hydrogens is 333 g/mol. The zero-order valence-corrected chi connectivity index (χ0v) is 13.6. The van der Waals surface area contributed by atoms with E-state index in [2.05, 4.69) is 21.2 Å². The molecule has 6 nitrogen and oxygen atoms in total. The van der Waals surface area contributed by atoms with Crippen LogP contribution in [0.5, 0.6) is 0 Å². The maximum absolute atomic E-state index is 10.9. The molecule has 0 radical (unpaired) electrons. The predicted molar refractivity (Wildman–Crippen MR) is 84.0 cm³/mol. The zero-order valence-electron chi connectivity index (χ0n) is 12.0. The van der Waals surface area contributed by atoms with Crippen LogP contribution < -0.4 is 11.1 Å². The van der Waals surface area contributed by atoms with Crippen LogP contribution in [0, 0.1) is 10.1 Å². The molecule has 0 bridgehead atoms. The molecule has 0 aliphatic rings. The minimum absolute atomic E-state index is 0.144. The van der Waals surface area contributed by atoms with Gasteiger partial charge in [-0.2, -0.15) is 0 Å². The van der Waals surface area contributed by atoms with Crippen LogP contribution in [-0.2, 0) is 4.79 Å². The van der Waals surface area contributed by atoms with Crippen LogP contribution in [0.1, 0.15) is 13.8 Å². The van der Waals surface area contributed by atoms with Crippen LogP contribution in [0.2, 0.25) is 0 Å². The van der Waals surface area contributed by atoms with E-state index in [1.165, 1.54) is 18.2 Å². The summed E-state index contributed by atoms with van der Waals surface area (Å²) in [5, 5.41) is 12.9. The lowest BCUT2D eigenvalue weighted by Gasteiger charge is -2.03. The summed E-state index contributed by atoms with van der Waals surface area (Å²) >= 11 is 2.94. The second-order valence-electron chi connectivity index (χ2n) is 2.53. The first-order valence-corrected chi connectivity index (χ1v) is 7.22. The van der Waals surface area contributed by atoms with Gasteiger partial charge in [0.25, 0.3) is 5.69 Å². The van der Waals surface area contributed by atoms with E-state index in [0.717, 1.165) is 0 Å². The fourth-order valence-electron chi connectivity index (χ4n) is 0.940. The summed E-state index contributed by atoms with van der Waals surface area (Å²) in [5.41, 5.74) is 5.08. The van der Waals surface area contributed by atoms with Crippen molar-refractivity contribution in [2.45, 2.75) is 13.8 Å². The van der Waals surface area contributed by atoms with Crippen molar-refractivity contribution < 1.29 is 14.1 Å². The Morgan fingerprint density at radius 3 is 2.20 bits per heavy atom. The Morgan fingerprint density at radius 2 is 1.80 bits per heavy atom. The molecule has 0 saturated carbocycles. The normalized spacial score (nSPS) is 7.55. The molecule has 0 unspecified atom stereocenters. The van der Waals surface area contributed by atoms with Crippen LogP contribution in [0.25, 0.3) is 0 Å². The minimum Gasteiger partial charge on any atom is -0.322 e. The van der Waals surface area contributed by atoms with Crippen molar-refractivity contribution >= 4 is 33.2 Å². The third-order valence-electron chi connectivity index (χ3n) is 1.56. The van der Waals surface area contributed by atoms with E-state index in [1.807, 2.05) is 19.7 Å². The summed E-state index contributed by atoms with van der Waals surface area (Å²) in [6.07, 6.45) is 0. The molecule has 0 spiro atoms. The van der Waals surface area contributed by atoms with Crippen molar-refractivity contribution in [1.82, 2.24) is 0 Å². The maximum Gasteiger partial charge on any atom is 0.292 e. The van der Waals surface area contributed by atoms with Gasteiger partial charge in [0.05, 0.1) is 18.6 Å². The molecule has 0 fully saturated rings. The summed E-state index contributed by atoms with van der Waals surface area (Å²) in [4.78, 5) is 20.8. The third-order valence-corrected chi connectivity index (χ3v) is 1.56. The second kappa shape index (κ2) is 17.5. The van der Waals surface area contributed by atoms with Gasteiger partial charge in [0.2, 0.25) is 5.91 Å². The number of alkyl halides is 2. The number of carbonyl (C=O) groups excluding carboxylic acids is 1. The predicted octanol–water partition coefficient (Wildman–Crippen LogP) is 3.12. The van der Waals surface area contributed by atoms with Crippen molar-refractivity contribution in [2.75, 3.05) is 24.9 Å². The summed E-state index contributed by atoms with van der Waals surface area (Å²) in [6, 6.07) is 5.88. The largest absolute Gasteiger partial charge is 0.322 e. The van der Waals surface area contributed by atoms with Crippen molar-refractivity contribution in [2.24, 2.45) is 5.73 Å². The van der Waals surface area contributed by atoms with Gasteiger partial charge in [0, 0.05) is 6.07 Å². The summed E-state index contributed by atoms with van der Waals surface area (Å²) in [6.45, 7) is 3.80. The van der Waals surface area contributed by atoms with E-state index in [1.54, 1.807) is 6.07 Å². The monoisotopic (exact) mass is 353 g/mol. The van der Waals surface area contributed by atoms with E-state index in [4.69, 9.17) is 5.73 Å². The third kappa shape index (κ3) is 10.4. The van der Waals surface area contributed by atoms with Crippen molar-refractivity contribution in [3.63, 3.8) is 0 Å². The number of nitro benzene ring substituents is 1. The standard InChI is InChI=1S/C8H9N3O3.C2H6.CH3Br.CH3F/c9-5-8(12)10-6-3-1-2-4-7(6)11(13)14;3*1-2/h1-4H,5,9H2,(H,10,12);1-2H3;2*1H3. The number of benzene rings is 1. The highest BCUT2D eigenvalue weighted by Crippen LogP contribution is 2.22. The van der Waals surface area contributed by atoms with Gasteiger partial charge in [-0.1, -0.05) is 41.9 Å². The number of amides is 1. The summed E-state index contributed by atoms with van der Waals surface area (Å²) in [5.74, 6) is 1.35. The molecule has 0 aliphatic carbocycles. The molecule has 0 aliphatic heterocycles. The highest BCUT2D eigenvalue weighted by atomic mass is 79.9. The molecule has 20 heavy (non-hydrogen) atoms. The lowest BCUT2D eigenvalue weighted by molar-refractivity contribution is -0.383. The molecule has 1 aromatic rings. The Hall–Kier alpha value is -1.54. The van der Waals surface area contributed by atoms with Crippen LogP contribution >= 0.6 is 15.9 Å². The Bertz CT molecular complexity index is 379. The van der Waals surface area contributed by atoms with Crippen molar-refractivity contribution in [1.29, 1.82) is 0 Å². The first-order chi connectivity index (χ1) is 9.65. The zero-order chi connectivity index (χ0) is 16.6. The topological polar surface area (TPSA) is 98.3 Å². The highest BCUT2D eigenvalue weighted by molar-refractivity contribution is 9.08. The molecule has 1 rings (SSSR count). The van der Waals surface area contributed by atoms with Gasteiger partial charge in [-0.05, 0) is 11.9 Å². The van der Waals surface area contributed by atoms with Crippen molar-refractivity contribution in [3.05, 3.63) is 34.4 Å². The SMILES string of the molecule is CBr.CC.CF.NCC(=O)Nc1ccccc1[N+](=O)[O-]. The van der Waals surface area contributed by atoms with Gasteiger partial charge >= 0.3 is 0 Å². The highest BCUT2D eigenvalue weighted by Gasteiger charge is 2.13. The van der Waals surface area contributed by atoms with Crippen LogP contribution in [0.15, 0.2) is 24.3 Å². The first-order valence-electron chi connectivity index (χ1n) is 5.64. The number of hydrogen-bond donors (Lipinski definition) is 2. The van der Waals surface area contributed by atoms with E-state index in [9.17, 15) is 19.3 Å². The summed E-state index contributed by atoms with van der Waals surface area (Å²) in [7, 11) is 0.500. The molecule has 1 amide bonds. The lowest BCUT2D eigenvalue weighted by Crippen LogP contribution is -2.22. The second-order valence-corrected chi connectivity index (χ2v) is 2.53. The number of nitrogens with zero attached hydrogens (tertiary/aromatic N) is 1. The van der Waals surface area contributed by atoms with Gasteiger partial charge in [0.1, 0.15) is 5.69 Å².